The number of carbonyl (C=O) groups is 2. The molecular formula is C12H21N3O2. The van der Waals surface area contributed by atoms with Crippen molar-refractivity contribution in [3.63, 3.8) is 0 Å². The molecule has 0 aromatic rings. The van der Waals surface area contributed by atoms with Crippen LogP contribution in [0.15, 0.2) is 0 Å². The number of likely N-dealkylation sites (tertiary alicyclic amines) is 2. The van der Waals surface area contributed by atoms with E-state index >= 15 is 0 Å². The van der Waals surface area contributed by atoms with Gasteiger partial charge in [0.05, 0.1) is 5.92 Å². The van der Waals surface area contributed by atoms with E-state index in [4.69, 9.17) is 5.73 Å². The van der Waals surface area contributed by atoms with E-state index in [9.17, 15) is 9.59 Å². The normalized spacial score (nSPS) is 26.5. The average Bonchev–Trinajstić information content (AvgIpc) is 2.70. The molecule has 0 spiro atoms. The average molecular weight is 239 g/mol. The van der Waals surface area contributed by atoms with Crippen LogP contribution >= 0.6 is 0 Å². The van der Waals surface area contributed by atoms with Crippen molar-refractivity contribution in [1.29, 1.82) is 0 Å². The van der Waals surface area contributed by atoms with Crippen LogP contribution in [0.5, 0.6) is 0 Å². The van der Waals surface area contributed by atoms with E-state index in [0.717, 1.165) is 26.2 Å². The Morgan fingerprint density at radius 3 is 2.53 bits per heavy atom. The summed E-state index contributed by atoms with van der Waals surface area (Å²) in [6, 6.07) is 0. The third-order valence-electron chi connectivity index (χ3n) is 3.75. The second kappa shape index (κ2) is 5.49. The molecule has 17 heavy (non-hydrogen) atoms. The summed E-state index contributed by atoms with van der Waals surface area (Å²) in [6.45, 7) is 4.46. The number of rotatable bonds is 4. The summed E-state index contributed by atoms with van der Waals surface area (Å²) in [5.74, 6) is -0.548. The molecular weight excluding hydrogens is 218 g/mol. The van der Waals surface area contributed by atoms with E-state index in [0.29, 0.717) is 13.0 Å². The topological polar surface area (TPSA) is 66.6 Å². The van der Waals surface area contributed by atoms with Crippen molar-refractivity contribution < 1.29 is 9.59 Å². The van der Waals surface area contributed by atoms with Gasteiger partial charge in [0.1, 0.15) is 0 Å². The van der Waals surface area contributed by atoms with Crippen LogP contribution in [0.4, 0.5) is 0 Å². The Bertz CT molecular complexity index is 300. The lowest BCUT2D eigenvalue weighted by molar-refractivity contribution is -0.128. The predicted octanol–water partition coefficient (Wildman–Crippen LogP) is -0.194. The van der Waals surface area contributed by atoms with Crippen LogP contribution in [-0.4, -0.2) is 54.3 Å². The monoisotopic (exact) mass is 239 g/mol. The quantitative estimate of drug-likeness (QED) is 0.739. The van der Waals surface area contributed by atoms with Crippen LogP contribution in [0.2, 0.25) is 0 Å². The Balaban J connectivity index is 1.75. The Morgan fingerprint density at radius 2 is 1.94 bits per heavy atom. The highest BCUT2D eigenvalue weighted by molar-refractivity contribution is 5.88. The molecule has 2 heterocycles. The van der Waals surface area contributed by atoms with Crippen molar-refractivity contribution in [3.05, 3.63) is 0 Å². The highest BCUT2D eigenvalue weighted by Crippen LogP contribution is 2.17. The van der Waals surface area contributed by atoms with E-state index in [1.165, 1.54) is 19.3 Å². The molecule has 1 atom stereocenters. The van der Waals surface area contributed by atoms with Crippen LogP contribution in [0.3, 0.4) is 0 Å². The van der Waals surface area contributed by atoms with Gasteiger partial charge in [-0.05, 0) is 25.9 Å². The first-order valence-electron chi connectivity index (χ1n) is 6.46. The number of hydrogen-bond donors (Lipinski definition) is 1. The van der Waals surface area contributed by atoms with E-state index < -0.39 is 0 Å². The molecule has 0 radical (unpaired) electrons. The van der Waals surface area contributed by atoms with Crippen LogP contribution in [0.25, 0.3) is 0 Å². The highest BCUT2D eigenvalue weighted by atomic mass is 16.2. The van der Waals surface area contributed by atoms with Crippen molar-refractivity contribution in [1.82, 2.24) is 9.80 Å². The van der Waals surface area contributed by atoms with E-state index in [1.54, 1.807) is 4.90 Å². The summed E-state index contributed by atoms with van der Waals surface area (Å²) in [5, 5.41) is 0. The van der Waals surface area contributed by atoms with Crippen molar-refractivity contribution in [2.45, 2.75) is 25.7 Å². The minimum absolute atomic E-state index is 0.0748. The molecule has 0 aliphatic carbocycles. The van der Waals surface area contributed by atoms with E-state index in [-0.39, 0.29) is 17.7 Å². The summed E-state index contributed by atoms with van der Waals surface area (Å²) in [4.78, 5) is 26.9. The van der Waals surface area contributed by atoms with Gasteiger partial charge in [0.25, 0.3) is 0 Å². The van der Waals surface area contributed by atoms with Crippen LogP contribution in [0.1, 0.15) is 25.7 Å². The van der Waals surface area contributed by atoms with Crippen LogP contribution in [0, 0.1) is 5.92 Å². The molecule has 2 N–H and O–H groups in total. The first kappa shape index (κ1) is 12.4. The number of amides is 2. The number of nitrogens with zero attached hydrogens (tertiary/aromatic N) is 2. The summed E-state index contributed by atoms with van der Waals surface area (Å²) in [6.07, 6.45) is 4.15. The molecule has 0 aromatic heterocycles. The molecule has 2 fully saturated rings. The van der Waals surface area contributed by atoms with E-state index in [1.807, 2.05) is 0 Å². The molecule has 5 nitrogen and oxygen atoms in total. The fraction of sp³-hybridized carbons (Fsp3) is 0.833. The summed E-state index contributed by atoms with van der Waals surface area (Å²) < 4.78 is 0. The van der Waals surface area contributed by atoms with Gasteiger partial charge >= 0.3 is 0 Å². The molecule has 1 unspecified atom stereocenters. The predicted molar refractivity (Wildman–Crippen MR) is 64.2 cm³/mol. The number of nitrogens with two attached hydrogens (primary N) is 1. The van der Waals surface area contributed by atoms with Gasteiger partial charge in [-0.2, -0.15) is 0 Å². The maximum Gasteiger partial charge on any atom is 0.223 e. The molecule has 0 aromatic carbocycles. The molecule has 2 rings (SSSR count). The third kappa shape index (κ3) is 3.19. The number of carbonyl (C=O) groups excluding carboxylic acids is 2. The highest BCUT2D eigenvalue weighted by Gasteiger charge is 2.32. The molecule has 2 saturated heterocycles. The second-order valence-electron chi connectivity index (χ2n) is 5.05. The van der Waals surface area contributed by atoms with Crippen molar-refractivity contribution >= 4 is 11.8 Å². The van der Waals surface area contributed by atoms with Gasteiger partial charge in [0.15, 0.2) is 0 Å². The fourth-order valence-electron chi connectivity index (χ4n) is 2.62. The van der Waals surface area contributed by atoms with E-state index in [2.05, 4.69) is 4.90 Å². The van der Waals surface area contributed by atoms with Gasteiger partial charge in [-0.25, -0.2) is 0 Å². The lowest BCUT2D eigenvalue weighted by atomic mass is 10.1. The Labute approximate surface area is 102 Å². The molecule has 2 aliphatic heterocycles. The fourth-order valence-corrected chi connectivity index (χ4v) is 2.62. The van der Waals surface area contributed by atoms with Gasteiger partial charge in [-0.1, -0.05) is 6.42 Å². The van der Waals surface area contributed by atoms with Crippen molar-refractivity contribution in [3.8, 4) is 0 Å². The maximum absolute atomic E-state index is 11.7. The molecule has 2 amide bonds. The minimum Gasteiger partial charge on any atom is -0.369 e. The minimum atomic E-state index is -0.348. The molecule has 2 aliphatic rings. The van der Waals surface area contributed by atoms with Gasteiger partial charge in [-0.15, -0.1) is 0 Å². The molecule has 5 heteroatoms. The SMILES string of the molecule is NC(=O)C1CC(=O)N(CCN2CCCCC2)C1. The third-order valence-corrected chi connectivity index (χ3v) is 3.75. The summed E-state index contributed by atoms with van der Waals surface area (Å²) >= 11 is 0. The molecule has 0 bridgehead atoms. The van der Waals surface area contributed by atoms with Crippen molar-refractivity contribution in [2.24, 2.45) is 11.7 Å². The zero-order valence-corrected chi connectivity index (χ0v) is 10.2. The maximum atomic E-state index is 11.7. The second-order valence-corrected chi connectivity index (χ2v) is 5.05. The smallest absolute Gasteiger partial charge is 0.223 e. The van der Waals surface area contributed by atoms with Gasteiger partial charge in [0.2, 0.25) is 11.8 Å². The lowest BCUT2D eigenvalue weighted by Gasteiger charge is -2.28. The Morgan fingerprint density at radius 1 is 1.24 bits per heavy atom. The van der Waals surface area contributed by atoms with Gasteiger partial charge in [0, 0.05) is 26.1 Å². The molecule has 0 saturated carbocycles. The first-order chi connectivity index (χ1) is 8.16. The first-order valence-corrected chi connectivity index (χ1v) is 6.46. The Hall–Kier alpha value is -1.10. The number of primary amides is 1. The standard InChI is InChI=1S/C12H21N3O2/c13-12(17)10-8-11(16)15(9-10)7-6-14-4-2-1-3-5-14/h10H,1-9H2,(H2,13,17). The summed E-state index contributed by atoms with van der Waals surface area (Å²) in [7, 11) is 0. The number of hydrogen-bond acceptors (Lipinski definition) is 3. The van der Waals surface area contributed by atoms with Gasteiger partial charge < -0.3 is 15.5 Å². The zero-order chi connectivity index (χ0) is 12.3. The van der Waals surface area contributed by atoms with Crippen LogP contribution in [-0.2, 0) is 9.59 Å². The lowest BCUT2D eigenvalue weighted by Crippen LogP contribution is -2.38. The molecule has 96 valence electrons. The van der Waals surface area contributed by atoms with Crippen LogP contribution < -0.4 is 5.73 Å². The van der Waals surface area contributed by atoms with Crippen molar-refractivity contribution in [2.75, 3.05) is 32.7 Å². The summed E-state index contributed by atoms with van der Waals surface area (Å²) in [5.41, 5.74) is 5.23. The number of piperidine rings is 1. The zero-order valence-electron chi connectivity index (χ0n) is 10.2. The largest absolute Gasteiger partial charge is 0.369 e. The van der Waals surface area contributed by atoms with Gasteiger partial charge in [-0.3, -0.25) is 9.59 Å². The Kier molecular flexibility index (Phi) is 3.99.